The standard InChI is InChI=1S/C13H16FN3/c1-9-13(15)10(2)17(16-9)8-7-11-3-5-12(14)6-4-11/h3-6H,7-8,15H2,1-2H3. The molecule has 0 bridgehead atoms. The summed E-state index contributed by atoms with van der Waals surface area (Å²) in [5.41, 5.74) is 9.56. The van der Waals surface area contributed by atoms with Gasteiger partial charge in [-0.1, -0.05) is 12.1 Å². The van der Waals surface area contributed by atoms with Crippen LogP contribution in [0.2, 0.25) is 0 Å². The minimum absolute atomic E-state index is 0.205. The van der Waals surface area contributed by atoms with Gasteiger partial charge < -0.3 is 5.73 Å². The van der Waals surface area contributed by atoms with Crippen LogP contribution in [0.3, 0.4) is 0 Å². The number of nitrogens with two attached hydrogens (primary N) is 1. The van der Waals surface area contributed by atoms with Gasteiger partial charge >= 0.3 is 0 Å². The monoisotopic (exact) mass is 233 g/mol. The van der Waals surface area contributed by atoms with Gasteiger partial charge in [-0.2, -0.15) is 5.10 Å². The Bertz CT molecular complexity index is 514. The minimum atomic E-state index is -0.205. The van der Waals surface area contributed by atoms with E-state index in [1.807, 2.05) is 18.5 Å². The number of aromatic nitrogens is 2. The van der Waals surface area contributed by atoms with Gasteiger partial charge in [0.2, 0.25) is 0 Å². The average molecular weight is 233 g/mol. The number of halogens is 1. The third-order valence-corrected chi connectivity index (χ3v) is 2.96. The van der Waals surface area contributed by atoms with E-state index in [9.17, 15) is 4.39 Å². The molecule has 3 nitrogen and oxygen atoms in total. The summed E-state index contributed by atoms with van der Waals surface area (Å²) in [7, 11) is 0. The normalized spacial score (nSPS) is 10.8. The second kappa shape index (κ2) is 4.57. The quantitative estimate of drug-likeness (QED) is 0.885. The van der Waals surface area contributed by atoms with Crippen molar-refractivity contribution in [1.82, 2.24) is 9.78 Å². The molecule has 2 aromatic rings. The van der Waals surface area contributed by atoms with Crippen molar-refractivity contribution < 1.29 is 4.39 Å². The first-order valence-electron chi connectivity index (χ1n) is 5.62. The molecule has 1 heterocycles. The summed E-state index contributed by atoms with van der Waals surface area (Å²) in [6.07, 6.45) is 0.821. The van der Waals surface area contributed by atoms with Gasteiger partial charge in [-0.25, -0.2) is 4.39 Å². The van der Waals surface area contributed by atoms with Gasteiger partial charge in [-0.3, -0.25) is 4.68 Å². The highest BCUT2D eigenvalue weighted by Crippen LogP contribution is 2.15. The van der Waals surface area contributed by atoms with E-state index in [1.54, 1.807) is 12.1 Å². The molecule has 0 fully saturated rings. The number of rotatable bonds is 3. The highest BCUT2D eigenvalue weighted by atomic mass is 19.1. The summed E-state index contributed by atoms with van der Waals surface area (Å²) in [5.74, 6) is -0.205. The Hall–Kier alpha value is -1.84. The predicted molar refractivity (Wildman–Crippen MR) is 66.2 cm³/mol. The summed E-state index contributed by atoms with van der Waals surface area (Å²) in [4.78, 5) is 0. The predicted octanol–water partition coefficient (Wildman–Crippen LogP) is 2.46. The molecule has 0 aliphatic heterocycles. The molecule has 0 saturated heterocycles. The van der Waals surface area contributed by atoms with Crippen LogP contribution in [0, 0.1) is 19.7 Å². The van der Waals surface area contributed by atoms with E-state index in [0.717, 1.165) is 35.6 Å². The van der Waals surface area contributed by atoms with E-state index in [0.29, 0.717) is 0 Å². The molecule has 0 unspecified atom stereocenters. The Kier molecular flexibility index (Phi) is 3.13. The van der Waals surface area contributed by atoms with Gasteiger partial charge in [-0.05, 0) is 38.0 Å². The minimum Gasteiger partial charge on any atom is -0.396 e. The topological polar surface area (TPSA) is 43.8 Å². The molecule has 0 radical (unpaired) electrons. The number of hydrogen-bond acceptors (Lipinski definition) is 2. The van der Waals surface area contributed by atoms with Crippen molar-refractivity contribution in [2.75, 3.05) is 5.73 Å². The molecule has 1 aromatic heterocycles. The van der Waals surface area contributed by atoms with Crippen molar-refractivity contribution in [3.8, 4) is 0 Å². The average Bonchev–Trinajstić information content (AvgIpc) is 2.56. The zero-order chi connectivity index (χ0) is 12.4. The van der Waals surface area contributed by atoms with Crippen molar-refractivity contribution in [3.05, 3.63) is 47.0 Å². The summed E-state index contributed by atoms with van der Waals surface area (Å²) in [5, 5.41) is 4.36. The van der Waals surface area contributed by atoms with Gasteiger partial charge in [0, 0.05) is 6.54 Å². The molecule has 0 aliphatic carbocycles. The van der Waals surface area contributed by atoms with E-state index < -0.39 is 0 Å². The van der Waals surface area contributed by atoms with Crippen LogP contribution in [-0.4, -0.2) is 9.78 Å². The number of nitrogens with zero attached hydrogens (tertiary/aromatic N) is 2. The highest BCUT2D eigenvalue weighted by Gasteiger charge is 2.07. The molecule has 0 atom stereocenters. The van der Waals surface area contributed by atoms with Gasteiger partial charge in [0.05, 0.1) is 17.1 Å². The van der Waals surface area contributed by atoms with E-state index in [-0.39, 0.29) is 5.82 Å². The second-order valence-electron chi connectivity index (χ2n) is 4.18. The molecule has 2 N–H and O–H groups in total. The maximum Gasteiger partial charge on any atom is 0.123 e. The lowest BCUT2D eigenvalue weighted by Crippen LogP contribution is -2.05. The van der Waals surface area contributed by atoms with Crippen LogP contribution < -0.4 is 5.73 Å². The molecule has 4 heteroatoms. The summed E-state index contributed by atoms with van der Waals surface area (Å²) >= 11 is 0. The van der Waals surface area contributed by atoms with Gasteiger partial charge in [0.1, 0.15) is 5.82 Å². The third-order valence-electron chi connectivity index (χ3n) is 2.96. The second-order valence-corrected chi connectivity index (χ2v) is 4.18. The smallest absolute Gasteiger partial charge is 0.123 e. The van der Waals surface area contributed by atoms with E-state index in [2.05, 4.69) is 5.10 Å². The lowest BCUT2D eigenvalue weighted by atomic mass is 10.1. The molecular formula is C13H16FN3. The fourth-order valence-electron chi connectivity index (χ4n) is 1.81. The summed E-state index contributed by atoms with van der Waals surface area (Å²) in [6.45, 7) is 4.62. The Morgan fingerprint density at radius 1 is 1.24 bits per heavy atom. The lowest BCUT2D eigenvalue weighted by Gasteiger charge is -2.04. The van der Waals surface area contributed by atoms with E-state index >= 15 is 0 Å². The van der Waals surface area contributed by atoms with Crippen molar-refractivity contribution >= 4 is 5.69 Å². The molecule has 0 saturated carbocycles. The first-order valence-corrected chi connectivity index (χ1v) is 5.62. The fourth-order valence-corrected chi connectivity index (χ4v) is 1.81. The van der Waals surface area contributed by atoms with Crippen molar-refractivity contribution in [2.45, 2.75) is 26.8 Å². The molecule has 1 aromatic carbocycles. The molecule has 17 heavy (non-hydrogen) atoms. The van der Waals surface area contributed by atoms with Gasteiger partial charge in [0.15, 0.2) is 0 Å². The van der Waals surface area contributed by atoms with E-state index in [4.69, 9.17) is 5.73 Å². The first kappa shape index (κ1) is 11.6. The molecule has 2 rings (SSSR count). The third kappa shape index (κ3) is 2.46. The largest absolute Gasteiger partial charge is 0.396 e. The number of aryl methyl sites for hydroxylation is 3. The van der Waals surface area contributed by atoms with Crippen LogP contribution in [0.15, 0.2) is 24.3 Å². The van der Waals surface area contributed by atoms with Crippen LogP contribution in [0.4, 0.5) is 10.1 Å². The number of benzene rings is 1. The van der Waals surface area contributed by atoms with Crippen LogP contribution in [0.25, 0.3) is 0 Å². The maximum atomic E-state index is 12.7. The van der Waals surface area contributed by atoms with E-state index in [1.165, 1.54) is 12.1 Å². The van der Waals surface area contributed by atoms with Gasteiger partial charge in [-0.15, -0.1) is 0 Å². The van der Waals surface area contributed by atoms with Crippen LogP contribution in [0.1, 0.15) is 17.0 Å². The van der Waals surface area contributed by atoms with Crippen molar-refractivity contribution in [3.63, 3.8) is 0 Å². The molecular weight excluding hydrogens is 217 g/mol. The molecule has 90 valence electrons. The summed E-state index contributed by atoms with van der Waals surface area (Å²) < 4.78 is 14.6. The first-order chi connectivity index (χ1) is 8.08. The molecule has 0 amide bonds. The number of anilines is 1. The Morgan fingerprint density at radius 2 is 1.88 bits per heavy atom. The Labute approximate surface area is 100 Å². The molecule has 0 spiro atoms. The maximum absolute atomic E-state index is 12.7. The lowest BCUT2D eigenvalue weighted by molar-refractivity contribution is 0.592. The van der Waals surface area contributed by atoms with Crippen molar-refractivity contribution in [1.29, 1.82) is 0 Å². The zero-order valence-corrected chi connectivity index (χ0v) is 10.1. The fraction of sp³-hybridized carbons (Fsp3) is 0.308. The van der Waals surface area contributed by atoms with Crippen LogP contribution in [-0.2, 0) is 13.0 Å². The number of nitrogen functional groups attached to an aromatic ring is 1. The Morgan fingerprint density at radius 3 is 2.41 bits per heavy atom. The van der Waals surface area contributed by atoms with Crippen LogP contribution >= 0.6 is 0 Å². The number of hydrogen-bond donors (Lipinski definition) is 1. The molecule has 0 aliphatic rings. The zero-order valence-electron chi connectivity index (χ0n) is 10.1. The SMILES string of the molecule is Cc1nn(CCc2ccc(F)cc2)c(C)c1N. The Balaban J connectivity index is 2.07. The highest BCUT2D eigenvalue weighted by molar-refractivity contribution is 5.46. The van der Waals surface area contributed by atoms with Crippen molar-refractivity contribution in [2.24, 2.45) is 0 Å². The van der Waals surface area contributed by atoms with Crippen LogP contribution in [0.5, 0.6) is 0 Å². The summed E-state index contributed by atoms with van der Waals surface area (Å²) in [6, 6.07) is 6.55. The van der Waals surface area contributed by atoms with Gasteiger partial charge in [0.25, 0.3) is 0 Å².